The quantitative estimate of drug-likeness (QED) is 0.111. The first-order valence-corrected chi connectivity index (χ1v) is 11.7. The van der Waals surface area contributed by atoms with Crippen molar-refractivity contribution in [2.24, 2.45) is 5.73 Å². The van der Waals surface area contributed by atoms with Crippen molar-refractivity contribution in [1.29, 1.82) is 5.41 Å². The van der Waals surface area contributed by atoms with Crippen molar-refractivity contribution in [3.63, 3.8) is 0 Å². The molecule has 0 aliphatic heterocycles. The monoisotopic (exact) mass is 509 g/mol. The second-order valence-corrected chi connectivity index (χ2v) is 8.36. The first kappa shape index (κ1) is 28.8. The van der Waals surface area contributed by atoms with Crippen LogP contribution >= 0.6 is 0 Å². The normalized spacial score (nSPS) is 12.7. The Morgan fingerprint density at radius 2 is 1.65 bits per heavy atom. The van der Waals surface area contributed by atoms with E-state index in [-0.39, 0.29) is 5.84 Å². The molecule has 0 saturated heterocycles. The number of carbonyl (C=O) groups is 4. The van der Waals surface area contributed by atoms with Crippen LogP contribution in [0.4, 0.5) is 0 Å². The zero-order valence-corrected chi connectivity index (χ0v) is 20.9. The number of carboxylic acid groups (broad SMARTS) is 1. The summed E-state index contributed by atoms with van der Waals surface area (Å²) in [7, 11) is 0. The van der Waals surface area contributed by atoms with Crippen LogP contribution in [0.2, 0.25) is 0 Å². The number of unbranched alkanes of at least 4 members (excludes halogenated alkanes) is 1. The van der Waals surface area contributed by atoms with E-state index in [1.807, 2.05) is 6.92 Å². The molecule has 2 atom stereocenters. The number of esters is 2. The summed E-state index contributed by atoms with van der Waals surface area (Å²) in [5, 5.41) is 19.0. The molecule has 0 heterocycles. The van der Waals surface area contributed by atoms with Gasteiger partial charge in [0.2, 0.25) is 5.91 Å². The third-order valence-corrected chi connectivity index (χ3v) is 5.34. The van der Waals surface area contributed by atoms with Crippen LogP contribution in [-0.2, 0) is 19.1 Å². The van der Waals surface area contributed by atoms with Crippen molar-refractivity contribution in [2.45, 2.75) is 52.2 Å². The maximum atomic E-state index is 12.7. The Balaban J connectivity index is 2.04. The van der Waals surface area contributed by atoms with Crippen molar-refractivity contribution >= 4 is 35.7 Å². The molecular formula is C27H31N3O7. The lowest BCUT2D eigenvalue weighted by Gasteiger charge is -2.19. The van der Waals surface area contributed by atoms with Gasteiger partial charge in [-0.3, -0.25) is 10.2 Å². The number of nitrogens with one attached hydrogen (secondary N) is 2. The molecule has 2 rings (SSSR count). The van der Waals surface area contributed by atoms with Gasteiger partial charge in [-0.1, -0.05) is 31.9 Å². The van der Waals surface area contributed by atoms with Crippen molar-refractivity contribution < 1.29 is 33.8 Å². The summed E-state index contributed by atoms with van der Waals surface area (Å²) < 4.78 is 10.3. The number of carboxylic acids is 1. The summed E-state index contributed by atoms with van der Waals surface area (Å²) in [6.45, 7) is 4.75. The molecule has 1 amide bonds. The summed E-state index contributed by atoms with van der Waals surface area (Å²) in [4.78, 5) is 48.5. The van der Waals surface area contributed by atoms with E-state index in [1.54, 1.807) is 61.5 Å². The summed E-state index contributed by atoms with van der Waals surface area (Å²) >= 11 is 0. The molecule has 10 nitrogen and oxygen atoms in total. The highest BCUT2D eigenvalue weighted by atomic mass is 16.6. The predicted octanol–water partition coefficient (Wildman–Crippen LogP) is 3.28. The Bertz CT molecular complexity index is 1170. The number of benzene rings is 2. The molecule has 2 aromatic carbocycles. The molecule has 0 fully saturated rings. The summed E-state index contributed by atoms with van der Waals surface area (Å²) in [5.74, 6) is -2.94. The van der Waals surface area contributed by atoms with Crippen LogP contribution in [0.25, 0.3) is 6.08 Å². The van der Waals surface area contributed by atoms with Gasteiger partial charge in [0, 0.05) is 11.1 Å². The first-order chi connectivity index (χ1) is 17.5. The number of hydrogen-bond donors (Lipinski definition) is 4. The molecule has 37 heavy (non-hydrogen) atoms. The Labute approximate surface area is 215 Å². The van der Waals surface area contributed by atoms with Crippen LogP contribution in [0.15, 0.2) is 54.1 Å². The van der Waals surface area contributed by atoms with Crippen LogP contribution in [-0.4, -0.2) is 46.9 Å². The maximum Gasteiger partial charge on any atom is 0.344 e. The van der Waals surface area contributed by atoms with Gasteiger partial charge in [0.15, 0.2) is 6.10 Å². The van der Waals surface area contributed by atoms with Gasteiger partial charge >= 0.3 is 17.9 Å². The van der Waals surface area contributed by atoms with E-state index in [2.05, 4.69) is 5.32 Å². The Kier molecular flexibility index (Phi) is 10.6. The fraction of sp³-hybridized carbons (Fsp3) is 0.296. The molecule has 10 heteroatoms. The number of ether oxygens (including phenoxy) is 2. The molecule has 0 radical (unpaired) electrons. The summed E-state index contributed by atoms with van der Waals surface area (Å²) in [5.41, 5.74) is 7.17. The molecule has 196 valence electrons. The lowest BCUT2D eigenvalue weighted by molar-refractivity contribution is -0.164. The molecule has 0 saturated carbocycles. The lowest BCUT2D eigenvalue weighted by Crippen LogP contribution is -2.43. The second-order valence-electron chi connectivity index (χ2n) is 8.36. The third kappa shape index (κ3) is 8.92. The standard InChI is InChI=1S/C27H31N3O7/c1-4-5-6-22(27(35)36-17(3)25(32)33)30-24(31)16(2)15-18-7-9-20(10-8-18)26(34)37-21-13-11-19(12-14-21)23(28)29/h7-15,17,22H,4-6H2,1-3H3,(H3,28,29)(H,30,31)(H,32,33)/b16-15+. The topological polar surface area (TPSA) is 169 Å². The number of amidine groups is 1. The lowest BCUT2D eigenvalue weighted by atomic mass is 10.1. The number of amides is 1. The molecule has 0 bridgehead atoms. The summed E-state index contributed by atoms with van der Waals surface area (Å²) in [6, 6.07) is 11.7. The smallest absolute Gasteiger partial charge is 0.344 e. The number of nitrogen functional groups attached to an aromatic ring is 1. The van der Waals surface area contributed by atoms with E-state index in [0.29, 0.717) is 40.9 Å². The zero-order chi connectivity index (χ0) is 27.5. The number of rotatable bonds is 12. The number of carbonyl (C=O) groups excluding carboxylic acids is 3. The van der Waals surface area contributed by atoms with Crippen molar-refractivity contribution in [3.05, 3.63) is 70.8 Å². The van der Waals surface area contributed by atoms with Gasteiger partial charge < -0.3 is 25.6 Å². The van der Waals surface area contributed by atoms with E-state index in [4.69, 9.17) is 25.7 Å². The zero-order valence-electron chi connectivity index (χ0n) is 20.9. The molecule has 0 aliphatic carbocycles. The average molecular weight is 510 g/mol. The molecule has 0 aromatic heterocycles. The van der Waals surface area contributed by atoms with E-state index >= 15 is 0 Å². The van der Waals surface area contributed by atoms with Gasteiger partial charge in [0.05, 0.1) is 5.56 Å². The number of aliphatic carboxylic acids is 1. The predicted molar refractivity (Wildman–Crippen MR) is 137 cm³/mol. The van der Waals surface area contributed by atoms with Crippen LogP contribution in [0.5, 0.6) is 5.75 Å². The van der Waals surface area contributed by atoms with Gasteiger partial charge in [-0.15, -0.1) is 0 Å². The van der Waals surface area contributed by atoms with Gasteiger partial charge in [0.1, 0.15) is 17.6 Å². The Morgan fingerprint density at radius 3 is 2.19 bits per heavy atom. The van der Waals surface area contributed by atoms with Gasteiger partial charge in [-0.25, -0.2) is 14.4 Å². The minimum Gasteiger partial charge on any atom is -0.479 e. The van der Waals surface area contributed by atoms with Crippen LogP contribution in [0.1, 0.15) is 61.5 Å². The Hall–Kier alpha value is -4.47. The summed E-state index contributed by atoms with van der Waals surface area (Å²) in [6.07, 6.45) is 2.00. The largest absolute Gasteiger partial charge is 0.479 e. The van der Waals surface area contributed by atoms with Gasteiger partial charge in [-0.05, 0) is 68.3 Å². The third-order valence-electron chi connectivity index (χ3n) is 5.34. The maximum absolute atomic E-state index is 12.7. The average Bonchev–Trinajstić information content (AvgIpc) is 2.86. The van der Waals surface area contributed by atoms with Crippen molar-refractivity contribution in [1.82, 2.24) is 5.32 Å². The molecule has 2 aromatic rings. The number of hydrogen-bond acceptors (Lipinski definition) is 7. The van der Waals surface area contributed by atoms with E-state index in [0.717, 1.165) is 6.42 Å². The van der Waals surface area contributed by atoms with Crippen LogP contribution in [0, 0.1) is 5.41 Å². The molecule has 2 unspecified atom stereocenters. The SMILES string of the molecule is CCCCC(NC(=O)/C(C)=C/c1ccc(C(=O)Oc2ccc(C(=N)N)cc2)cc1)C(=O)OC(C)C(=O)O. The second kappa shape index (κ2) is 13.6. The molecule has 0 aliphatic rings. The highest BCUT2D eigenvalue weighted by molar-refractivity contribution is 5.99. The van der Waals surface area contributed by atoms with E-state index in [1.165, 1.54) is 6.92 Å². The van der Waals surface area contributed by atoms with Crippen LogP contribution in [0.3, 0.4) is 0 Å². The fourth-order valence-electron chi connectivity index (χ4n) is 3.14. The highest BCUT2D eigenvalue weighted by Gasteiger charge is 2.26. The minimum atomic E-state index is -1.32. The highest BCUT2D eigenvalue weighted by Crippen LogP contribution is 2.16. The van der Waals surface area contributed by atoms with E-state index in [9.17, 15) is 19.2 Å². The van der Waals surface area contributed by atoms with Gasteiger partial charge in [-0.2, -0.15) is 0 Å². The first-order valence-electron chi connectivity index (χ1n) is 11.7. The van der Waals surface area contributed by atoms with Gasteiger partial charge in [0.25, 0.3) is 0 Å². The molecule has 5 N–H and O–H groups in total. The molecular weight excluding hydrogens is 478 g/mol. The minimum absolute atomic E-state index is 0.0882. The van der Waals surface area contributed by atoms with Crippen LogP contribution < -0.4 is 15.8 Å². The fourth-order valence-corrected chi connectivity index (χ4v) is 3.14. The van der Waals surface area contributed by atoms with Crippen molar-refractivity contribution in [2.75, 3.05) is 0 Å². The Morgan fingerprint density at radius 1 is 1.05 bits per heavy atom. The van der Waals surface area contributed by atoms with Crippen molar-refractivity contribution in [3.8, 4) is 5.75 Å². The number of nitrogens with two attached hydrogens (primary N) is 1. The molecule has 0 spiro atoms. The van der Waals surface area contributed by atoms with E-state index < -0.39 is 36.0 Å².